The molecule has 1 atom stereocenters. The van der Waals surface area contributed by atoms with Crippen LogP contribution in [-0.2, 0) is 0 Å². The molecule has 2 rings (SSSR count). The lowest BCUT2D eigenvalue weighted by Gasteiger charge is -1.99. The SMILES string of the molecule is CC(O)c1nc(Nc2ccc(Br)cn2)n[nH]1. The number of anilines is 2. The third-order valence-corrected chi connectivity index (χ3v) is 2.33. The molecule has 0 aliphatic heterocycles. The van der Waals surface area contributed by atoms with E-state index in [9.17, 15) is 5.11 Å². The van der Waals surface area contributed by atoms with Crippen LogP contribution in [0.3, 0.4) is 0 Å². The summed E-state index contributed by atoms with van der Waals surface area (Å²) in [6.45, 7) is 1.61. The number of hydrogen-bond donors (Lipinski definition) is 3. The lowest BCUT2D eigenvalue weighted by atomic mass is 10.4. The molecule has 3 N–H and O–H groups in total. The summed E-state index contributed by atoms with van der Waals surface area (Å²) in [7, 11) is 0. The van der Waals surface area contributed by atoms with Crippen molar-refractivity contribution in [1.29, 1.82) is 0 Å². The van der Waals surface area contributed by atoms with E-state index in [0.29, 0.717) is 17.6 Å². The Kier molecular flexibility index (Phi) is 3.16. The number of H-pyrrole nitrogens is 1. The van der Waals surface area contributed by atoms with Gasteiger partial charge in [-0.25, -0.2) is 4.98 Å². The standard InChI is InChI=1S/C9H10BrN5O/c1-5(16)8-13-9(15-14-8)12-7-3-2-6(10)4-11-7/h2-5,16H,1H3,(H2,11,12,13,14,15). The Morgan fingerprint density at radius 3 is 2.88 bits per heavy atom. The van der Waals surface area contributed by atoms with E-state index in [1.807, 2.05) is 6.07 Å². The largest absolute Gasteiger partial charge is 0.385 e. The predicted octanol–water partition coefficient (Wildman–Crippen LogP) is 1.76. The van der Waals surface area contributed by atoms with Gasteiger partial charge in [0.15, 0.2) is 5.82 Å². The van der Waals surface area contributed by atoms with E-state index in [0.717, 1.165) is 4.47 Å². The average Bonchev–Trinajstić information content (AvgIpc) is 2.70. The Bertz CT molecular complexity index is 467. The molecule has 7 heteroatoms. The van der Waals surface area contributed by atoms with Crippen LogP contribution in [0.5, 0.6) is 0 Å². The van der Waals surface area contributed by atoms with Crippen molar-refractivity contribution in [3.8, 4) is 0 Å². The third-order valence-electron chi connectivity index (χ3n) is 1.87. The normalized spacial score (nSPS) is 12.4. The summed E-state index contributed by atoms with van der Waals surface area (Å²) < 4.78 is 0.901. The predicted molar refractivity (Wildman–Crippen MR) is 62.2 cm³/mol. The van der Waals surface area contributed by atoms with Gasteiger partial charge in [-0.05, 0) is 35.0 Å². The molecule has 84 valence electrons. The molecule has 0 spiro atoms. The van der Waals surface area contributed by atoms with Gasteiger partial charge in [-0.1, -0.05) is 0 Å². The highest BCUT2D eigenvalue weighted by atomic mass is 79.9. The molecule has 6 nitrogen and oxygen atoms in total. The molecule has 0 saturated carbocycles. The molecule has 0 aliphatic carbocycles. The monoisotopic (exact) mass is 283 g/mol. The van der Waals surface area contributed by atoms with Crippen molar-refractivity contribution >= 4 is 27.7 Å². The summed E-state index contributed by atoms with van der Waals surface area (Å²) in [6, 6.07) is 3.65. The Hall–Kier alpha value is -1.47. The van der Waals surface area contributed by atoms with Gasteiger partial charge in [0.05, 0.1) is 0 Å². The highest BCUT2D eigenvalue weighted by molar-refractivity contribution is 9.10. The Balaban J connectivity index is 2.11. The fraction of sp³-hybridized carbons (Fsp3) is 0.222. The molecule has 0 fully saturated rings. The number of aromatic nitrogens is 4. The first kappa shape index (κ1) is 11.0. The number of aliphatic hydroxyl groups is 1. The molecule has 2 heterocycles. The van der Waals surface area contributed by atoms with Gasteiger partial charge in [-0.2, -0.15) is 4.98 Å². The molecule has 1 unspecified atom stereocenters. The zero-order chi connectivity index (χ0) is 11.5. The lowest BCUT2D eigenvalue weighted by Crippen LogP contribution is -1.96. The molecule has 0 bridgehead atoms. The second kappa shape index (κ2) is 4.58. The number of aliphatic hydroxyl groups excluding tert-OH is 1. The molecule has 16 heavy (non-hydrogen) atoms. The fourth-order valence-electron chi connectivity index (χ4n) is 1.08. The number of rotatable bonds is 3. The quantitative estimate of drug-likeness (QED) is 0.799. The van der Waals surface area contributed by atoms with E-state index in [1.165, 1.54) is 0 Å². The van der Waals surface area contributed by atoms with Crippen LogP contribution in [-0.4, -0.2) is 25.3 Å². The molecule has 0 radical (unpaired) electrons. The molecule has 2 aromatic heterocycles. The number of nitrogens with one attached hydrogen (secondary N) is 2. The van der Waals surface area contributed by atoms with Crippen molar-refractivity contribution in [2.75, 3.05) is 5.32 Å². The Morgan fingerprint density at radius 1 is 1.50 bits per heavy atom. The van der Waals surface area contributed by atoms with Crippen molar-refractivity contribution < 1.29 is 5.11 Å². The Morgan fingerprint density at radius 2 is 2.31 bits per heavy atom. The number of nitrogens with zero attached hydrogens (tertiary/aromatic N) is 3. The number of pyridine rings is 1. The minimum atomic E-state index is -0.666. The molecule has 0 aromatic carbocycles. The highest BCUT2D eigenvalue weighted by Gasteiger charge is 2.07. The van der Waals surface area contributed by atoms with E-state index in [4.69, 9.17) is 0 Å². The van der Waals surface area contributed by atoms with Crippen LogP contribution in [0.15, 0.2) is 22.8 Å². The first-order valence-electron chi connectivity index (χ1n) is 4.64. The van der Waals surface area contributed by atoms with E-state index in [2.05, 4.69) is 41.4 Å². The van der Waals surface area contributed by atoms with Gasteiger partial charge in [0, 0.05) is 10.7 Å². The molecular weight excluding hydrogens is 274 g/mol. The fourth-order valence-corrected chi connectivity index (χ4v) is 1.32. The molecule has 0 aliphatic rings. The van der Waals surface area contributed by atoms with Crippen LogP contribution in [0, 0.1) is 0 Å². The van der Waals surface area contributed by atoms with Crippen molar-refractivity contribution in [3.63, 3.8) is 0 Å². The molecule has 2 aromatic rings. The number of halogens is 1. The first-order valence-corrected chi connectivity index (χ1v) is 5.43. The van der Waals surface area contributed by atoms with Crippen LogP contribution < -0.4 is 5.32 Å². The summed E-state index contributed by atoms with van der Waals surface area (Å²) in [6.07, 6.45) is 1.01. The van der Waals surface area contributed by atoms with Gasteiger partial charge >= 0.3 is 0 Å². The van der Waals surface area contributed by atoms with E-state index >= 15 is 0 Å². The van der Waals surface area contributed by atoms with Gasteiger partial charge in [-0.15, -0.1) is 5.10 Å². The van der Waals surface area contributed by atoms with Gasteiger partial charge in [0.2, 0.25) is 5.95 Å². The van der Waals surface area contributed by atoms with E-state index < -0.39 is 6.10 Å². The van der Waals surface area contributed by atoms with Gasteiger partial charge in [-0.3, -0.25) is 5.10 Å². The zero-order valence-corrected chi connectivity index (χ0v) is 10.1. The van der Waals surface area contributed by atoms with E-state index in [-0.39, 0.29) is 0 Å². The van der Waals surface area contributed by atoms with Crippen molar-refractivity contribution in [2.24, 2.45) is 0 Å². The van der Waals surface area contributed by atoms with Crippen LogP contribution in [0.2, 0.25) is 0 Å². The van der Waals surface area contributed by atoms with Crippen LogP contribution in [0.1, 0.15) is 18.9 Å². The minimum absolute atomic E-state index is 0.380. The summed E-state index contributed by atoms with van der Waals surface area (Å²) >= 11 is 3.29. The van der Waals surface area contributed by atoms with Gasteiger partial charge in [0.1, 0.15) is 11.9 Å². The maximum atomic E-state index is 9.26. The van der Waals surface area contributed by atoms with Crippen LogP contribution >= 0.6 is 15.9 Å². The number of hydrogen-bond acceptors (Lipinski definition) is 5. The topological polar surface area (TPSA) is 86.7 Å². The smallest absolute Gasteiger partial charge is 0.247 e. The van der Waals surface area contributed by atoms with Gasteiger partial charge < -0.3 is 10.4 Å². The second-order valence-corrected chi connectivity index (χ2v) is 4.12. The summed E-state index contributed by atoms with van der Waals surface area (Å²) in [5.74, 6) is 1.43. The summed E-state index contributed by atoms with van der Waals surface area (Å²) in [4.78, 5) is 8.16. The molecular formula is C9H10BrN5O. The summed E-state index contributed by atoms with van der Waals surface area (Å²) in [5.41, 5.74) is 0. The maximum Gasteiger partial charge on any atom is 0.247 e. The highest BCUT2D eigenvalue weighted by Crippen LogP contribution is 2.14. The minimum Gasteiger partial charge on any atom is -0.385 e. The van der Waals surface area contributed by atoms with Crippen LogP contribution in [0.25, 0.3) is 0 Å². The molecule has 0 saturated heterocycles. The van der Waals surface area contributed by atoms with Crippen LogP contribution in [0.4, 0.5) is 11.8 Å². The van der Waals surface area contributed by atoms with Crippen molar-refractivity contribution in [3.05, 3.63) is 28.6 Å². The second-order valence-electron chi connectivity index (χ2n) is 3.21. The third kappa shape index (κ3) is 2.56. The lowest BCUT2D eigenvalue weighted by molar-refractivity contribution is 0.189. The molecule has 0 amide bonds. The average molecular weight is 284 g/mol. The van der Waals surface area contributed by atoms with Crippen molar-refractivity contribution in [2.45, 2.75) is 13.0 Å². The maximum absolute atomic E-state index is 9.26. The summed E-state index contributed by atoms with van der Waals surface area (Å²) in [5, 5.41) is 18.7. The zero-order valence-electron chi connectivity index (χ0n) is 8.48. The van der Waals surface area contributed by atoms with Crippen molar-refractivity contribution in [1.82, 2.24) is 20.2 Å². The van der Waals surface area contributed by atoms with E-state index in [1.54, 1.807) is 19.2 Å². The number of aromatic amines is 1. The Labute approximate surface area is 100 Å². The van der Waals surface area contributed by atoms with Gasteiger partial charge in [0.25, 0.3) is 0 Å². The first-order chi connectivity index (χ1) is 7.65.